The molecule has 33 heavy (non-hydrogen) atoms. The third-order valence-corrected chi connectivity index (χ3v) is 6.07. The maximum absolute atomic E-state index is 13.5. The second kappa shape index (κ2) is 8.47. The van der Waals surface area contributed by atoms with Crippen LogP contribution in [0.2, 0.25) is 0 Å². The Hall–Kier alpha value is -4.06. The fourth-order valence-corrected chi connectivity index (χ4v) is 4.58. The fourth-order valence-electron chi connectivity index (χ4n) is 4.58. The van der Waals surface area contributed by atoms with Crippen molar-refractivity contribution in [3.63, 3.8) is 0 Å². The minimum absolute atomic E-state index is 0.0634. The van der Waals surface area contributed by atoms with Crippen molar-refractivity contribution in [2.45, 2.75) is 19.5 Å². The molecule has 5 rings (SSSR count). The normalized spacial score (nSPS) is 15.0. The van der Waals surface area contributed by atoms with Crippen molar-refractivity contribution in [3.8, 4) is 5.75 Å². The molecule has 0 saturated heterocycles. The number of ether oxygens (including phenoxy) is 2. The summed E-state index contributed by atoms with van der Waals surface area (Å²) in [6.45, 7) is 2.44. The number of fused-ring (bicyclic) bond motifs is 2. The Kier molecular flexibility index (Phi) is 5.34. The van der Waals surface area contributed by atoms with Crippen LogP contribution in [0.15, 0.2) is 72.8 Å². The molecule has 0 bridgehead atoms. The number of rotatable bonds is 6. The monoisotopic (exact) mass is 440 g/mol. The van der Waals surface area contributed by atoms with Gasteiger partial charge in [0, 0.05) is 28.6 Å². The SMILES string of the molecule is CCOC(=O)c1[nH]c2ccccc2c1[C@@H]1c2ccccc2C(=O)N1Cc1ccc(OC)cc1. The van der Waals surface area contributed by atoms with Crippen LogP contribution in [0, 0.1) is 0 Å². The fraction of sp³-hybridized carbons (Fsp3) is 0.185. The minimum atomic E-state index is -0.426. The predicted octanol–water partition coefficient (Wildman–Crippen LogP) is 5.10. The molecule has 4 aromatic rings. The predicted molar refractivity (Wildman–Crippen MR) is 125 cm³/mol. The molecule has 0 spiro atoms. The maximum atomic E-state index is 13.5. The van der Waals surface area contributed by atoms with Crippen LogP contribution in [-0.2, 0) is 11.3 Å². The van der Waals surface area contributed by atoms with Crippen LogP contribution >= 0.6 is 0 Å². The molecule has 6 nitrogen and oxygen atoms in total. The Labute approximate surface area is 191 Å². The van der Waals surface area contributed by atoms with Gasteiger partial charge in [-0.15, -0.1) is 0 Å². The van der Waals surface area contributed by atoms with E-state index < -0.39 is 12.0 Å². The van der Waals surface area contributed by atoms with Crippen LogP contribution in [-0.4, -0.2) is 35.5 Å². The Morgan fingerprint density at radius 1 is 1.00 bits per heavy atom. The smallest absolute Gasteiger partial charge is 0.355 e. The molecule has 3 aromatic carbocycles. The number of methoxy groups -OCH3 is 1. The number of amides is 1. The average Bonchev–Trinajstić information content (AvgIpc) is 3.35. The highest BCUT2D eigenvalue weighted by Crippen LogP contribution is 2.43. The molecule has 1 amide bonds. The number of aromatic nitrogens is 1. The average molecular weight is 440 g/mol. The minimum Gasteiger partial charge on any atom is -0.497 e. The number of carbonyl (C=O) groups is 2. The van der Waals surface area contributed by atoms with E-state index in [0.29, 0.717) is 17.8 Å². The highest BCUT2D eigenvalue weighted by Gasteiger charge is 2.41. The van der Waals surface area contributed by atoms with Crippen LogP contribution in [0.4, 0.5) is 0 Å². The van der Waals surface area contributed by atoms with Crippen molar-refractivity contribution in [2.24, 2.45) is 0 Å². The van der Waals surface area contributed by atoms with E-state index in [4.69, 9.17) is 9.47 Å². The third kappa shape index (κ3) is 3.53. The molecule has 1 aliphatic heterocycles. The molecule has 166 valence electrons. The van der Waals surface area contributed by atoms with E-state index in [-0.39, 0.29) is 12.5 Å². The zero-order valence-electron chi connectivity index (χ0n) is 18.5. The van der Waals surface area contributed by atoms with Gasteiger partial charge in [-0.05, 0) is 42.3 Å². The van der Waals surface area contributed by atoms with Crippen molar-refractivity contribution in [1.82, 2.24) is 9.88 Å². The van der Waals surface area contributed by atoms with E-state index >= 15 is 0 Å². The van der Waals surface area contributed by atoms with Crippen LogP contribution in [0.1, 0.15) is 50.5 Å². The van der Waals surface area contributed by atoms with Gasteiger partial charge in [-0.25, -0.2) is 4.79 Å². The number of esters is 1. The first-order valence-corrected chi connectivity index (χ1v) is 10.9. The summed E-state index contributed by atoms with van der Waals surface area (Å²) in [5, 5.41) is 0.898. The number of para-hydroxylation sites is 1. The standard InChI is InChI=1S/C27H24N2O4/c1-3-33-27(31)24-23(21-10-6-7-11-22(21)28-24)25-19-8-4-5-9-20(19)26(30)29(25)16-17-12-14-18(32-2)15-13-17/h4-15,25,28H,3,16H2,1-2H3/t25-/m0/s1. The lowest BCUT2D eigenvalue weighted by Crippen LogP contribution is -2.29. The van der Waals surface area contributed by atoms with E-state index in [9.17, 15) is 9.59 Å². The molecule has 0 saturated carbocycles. The highest BCUT2D eigenvalue weighted by molar-refractivity contribution is 6.04. The number of benzene rings is 3. The van der Waals surface area contributed by atoms with Crippen molar-refractivity contribution < 1.29 is 19.1 Å². The summed E-state index contributed by atoms with van der Waals surface area (Å²) in [6.07, 6.45) is 0. The Balaban J connectivity index is 1.68. The number of aromatic amines is 1. The molecule has 0 radical (unpaired) electrons. The van der Waals surface area contributed by atoms with Crippen molar-refractivity contribution in [1.29, 1.82) is 0 Å². The molecule has 1 aliphatic rings. The zero-order valence-corrected chi connectivity index (χ0v) is 18.5. The Morgan fingerprint density at radius 2 is 1.73 bits per heavy atom. The number of hydrogen-bond acceptors (Lipinski definition) is 4. The van der Waals surface area contributed by atoms with Crippen LogP contribution in [0.25, 0.3) is 10.9 Å². The second-order valence-corrected chi connectivity index (χ2v) is 7.95. The molecule has 1 atom stereocenters. The van der Waals surface area contributed by atoms with Crippen molar-refractivity contribution in [3.05, 3.63) is 101 Å². The summed E-state index contributed by atoms with van der Waals surface area (Å²) >= 11 is 0. The molecule has 1 aromatic heterocycles. The van der Waals surface area contributed by atoms with Gasteiger partial charge in [0.05, 0.1) is 19.8 Å². The second-order valence-electron chi connectivity index (χ2n) is 7.95. The summed E-state index contributed by atoms with van der Waals surface area (Å²) in [7, 11) is 1.62. The number of hydrogen-bond donors (Lipinski definition) is 1. The van der Waals surface area contributed by atoms with Gasteiger partial charge in [-0.3, -0.25) is 4.79 Å². The number of H-pyrrole nitrogens is 1. The summed E-state index contributed by atoms with van der Waals surface area (Å²) < 4.78 is 10.6. The van der Waals surface area contributed by atoms with Gasteiger partial charge in [-0.1, -0.05) is 48.5 Å². The quantitative estimate of drug-likeness (QED) is 0.424. The third-order valence-electron chi connectivity index (χ3n) is 6.07. The number of nitrogens with one attached hydrogen (secondary N) is 1. The van der Waals surface area contributed by atoms with Gasteiger partial charge < -0.3 is 19.4 Å². The summed E-state index contributed by atoms with van der Waals surface area (Å²) in [6, 6.07) is 22.6. The van der Waals surface area contributed by atoms with Gasteiger partial charge in [0.2, 0.25) is 0 Å². The lowest BCUT2D eigenvalue weighted by molar-refractivity contribution is 0.0514. The lowest BCUT2D eigenvalue weighted by atomic mass is 9.95. The molecule has 0 unspecified atom stereocenters. The van der Waals surface area contributed by atoms with E-state index in [2.05, 4.69) is 4.98 Å². The molecule has 1 N–H and O–H groups in total. The van der Waals surface area contributed by atoms with Gasteiger partial charge in [0.25, 0.3) is 5.91 Å². The van der Waals surface area contributed by atoms with Crippen LogP contribution < -0.4 is 4.74 Å². The van der Waals surface area contributed by atoms with Crippen LogP contribution in [0.3, 0.4) is 0 Å². The van der Waals surface area contributed by atoms with Crippen LogP contribution in [0.5, 0.6) is 5.75 Å². The first kappa shape index (κ1) is 20.8. The molecule has 0 fully saturated rings. The first-order chi connectivity index (χ1) is 16.1. The summed E-state index contributed by atoms with van der Waals surface area (Å²) in [4.78, 5) is 31.6. The molecular weight excluding hydrogens is 416 g/mol. The number of nitrogens with zero attached hydrogens (tertiary/aromatic N) is 1. The van der Waals surface area contributed by atoms with Gasteiger partial charge in [0.1, 0.15) is 11.4 Å². The first-order valence-electron chi connectivity index (χ1n) is 10.9. The van der Waals surface area contributed by atoms with Gasteiger partial charge in [-0.2, -0.15) is 0 Å². The van der Waals surface area contributed by atoms with Gasteiger partial charge >= 0.3 is 5.97 Å². The topological polar surface area (TPSA) is 71.6 Å². The zero-order chi connectivity index (χ0) is 22.9. The summed E-state index contributed by atoms with van der Waals surface area (Å²) in [5.74, 6) is 0.268. The Morgan fingerprint density at radius 3 is 2.48 bits per heavy atom. The van der Waals surface area contributed by atoms with E-state index in [0.717, 1.165) is 33.3 Å². The number of carbonyl (C=O) groups excluding carboxylic acids is 2. The van der Waals surface area contributed by atoms with E-state index in [1.165, 1.54) is 0 Å². The molecular formula is C27H24N2O4. The summed E-state index contributed by atoms with van der Waals surface area (Å²) in [5.41, 5.74) is 4.47. The van der Waals surface area contributed by atoms with Gasteiger partial charge in [0.15, 0.2) is 0 Å². The highest BCUT2D eigenvalue weighted by atomic mass is 16.5. The molecule has 2 heterocycles. The largest absolute Gasteiger partial charge is 0.497 e. The van der Waals surface area contributed by atoms with Crippen molar-refractivity contribution in [2.75, 3.05) is 13.7 Å². The van der Waals surface area contributed by atoms with E-state index in [1.807, 2.05) is 77.7 Å². The maximum Gasteiger partial charge on any atom is 0.355 e. The lowest BCUT2D eigenvalue weighted by Gasteiger charge is -2.26. The van der Waals surface area contributed by atoms with E-state index in [1.54, 1.807) is 14.0 Å². The molecule has 6 heteroatoms. The molecule has 0 aliphatic carbocycles. The Bertz CT molecular complexity index is 1340. The van der Waals surface area contributed by atoms with Crippen molar-refractivity contribution >= 4 is 22.8 Å².